The molecule has 0 aromatic heterocycles. The molecule has 27 heavy (non-hydrogen) atoms. The molecule has 1 heterocycles. The fourth-order valence-electron chi connectivity index (χ4n) is 2.29. The van der Waals surface area contributed by atoms with E-state index in [1.165, 1.54) is 36.5 Å². The monoisotopic (exact) mass is 388 g/mol. The second-order valence-electron chi connectivity index (χ2n) is 5.45. The fourth-order valence-corrected chi connectivity index (χ4v) is 3.20. The predicted octanol–water partition coefficient (Wildman–Crippen LogP) is 1.40. The molecule has 3 rings (SSSR count). The van der Waals surface area contributed by atoms with Crippen LogP contribution < -0.4 is 25.2 Å². The fraction of sp³-hybridized carbons (Fsp3) is 0.0588. The summed E-state index contributed by atoms with van der Waals surface area (Å²) in [5.41, 5.74) is 6.07. The highest BCUT2D eigenvalue weighted by Gasteiger charge is 2.15. The summed E-state index contributed by atoms with van der Waals surface area (Å²) in [5, 5.41) is 9.88. The van der Waals surface area contributed by atoms with Crippen molar-refractivity contribution >= 4 is 27.5 Å². The lowest BCUT2D eigenvalue weighted by atomic mass is 10.1. The van der Waals surface area contributed by atoms with E-state index >= 15 is 0 Å². The van der Waals surface area contributed by atoms with Crippen molar-refractivity contribution in [3.8, 4) is 11.5 Å². The Hall–Kier alpha value is -3.53. The molecular weight excluding hydrogens is 372 g/mol. The summed E-state index contributed by atoms with van der Waals surface area (Å²) in [6, 6.07) is 10.7. The maximum atomic E-state index is 12.2. The van der Waals surface area contributed by atoms with Gasteiger partial charge in [0, 0.05) is 23.5 Å². The number of nitrogens with one attached hydrogen (secondary N) is 3. The van der Waals surface area contributed by atoms with Gasteiger partial charge in [0.25, 0.3) is 10.0 Å². The minimum Gasteiger partial charge on any atom is -0.454 e. The third-order valence-corrected chi connectivity index (χ3v) is 4.93. The van der Waals surface area contributed by atoms with Crippen LogP contribution in [0, 0.1) is 5.41 Å². The van der Waals surface area contributed by atoms with E-state index in [0.29, 0.717) is 22.7 Å². The molecular formula is C17H16N4O5S. The zero-order chi connectivity index (χ0) is 19.4. The molecule has 0 bridgehead atoms. The van der Waals surface area contributed by atoms with E-state index in [2.05, 4.69) is 5.32 Å². The molecule has 0 spiro atoms. The van der Waals surface area contributed by atoms with Gasteiger partial charge in [-0.2, -0.15) is 0 Å². The number of hydrogen-bond acceptors (Lipinski definition) is 7. The first-order chi connectivity index (χ1) is 12.8. The first-order valence-corrected chi connectivity index (χ1v) is 9.17. The molecule has 0 atom stereocenters. The third kappa shape index (κ3) is 4.36. The van der Waals surface area contributed by atoms with Crippen LogP contribution in [0.25, 0.3) is 0 Å². The van der Waals surface area contributed by atoms with E-state index in [-0.39, 0.29) is 17.5 Å². The molecule has 0 amide bonds. The van der Waals surface area contributed by atoms with Gasteiger partial charge in [-0.05, 0) is 42.5 Å². The van der Waals surface area contributed by atoms with Crippen molar-refractivity contribution in [2.45, 2.75) is 4.90 Å². The number of carbonyl (C=O) groups excluding carboxylic acids is 1. The molecule has 140 valence electrons. The Morgan fingerprint density at radius 1 is 1.11 bits per heavy atom. The van der Waals surface area contributed by atoms with Gasteiger partial charge in [-0.3, -0.25) is 10.2 Å². The van der Waals surface area contributed by atoms with Gasteiger partial charge in [-0.25, -0.2) is 13.1 Å². The van der Waals surface area contributed by atoms with Gasteiger partial charge >= 0.3 is 0 Å². The van der Waals surface area contributed by atoms with Crippen LogP contribution in [0.4, 0.5) is 5.69 Å². The van der Waals surface area contributed by atoms with E-state index in [1.807, 2.05) is 4.72 Å². The Morgan fingerprint density at radius 2 is 1.81 bits per heavy atom. The van der Waals surface area contributed by atoms with Crippen molar-refractivity contribution in [3.63, 3.8) is 0 Å². The van der Waals surface area contributed by atoms with Crippen LogP contribution in [0.15, 0.2) is 59.6 Å². The number of allylic oxidation sites excluding steroid dienone is 1. The number of fused-ring (bicyclic) bond motifs is 1. The third-order valence-electron chi connectivity index (χ3n) is 3.55. The van der Waals surface area contributed by atoms with Gasteiger partial charge in [-0.15, -0.1) is 0 Å². The molecule has 0 saturated heterocycles. The number of hydrogen-bond donors (Lipinski definition) is 4. The molecule has 0 unspecified atom stereocenters. The highest BCUT2D eigenvalue weighted by molar-refractivity contribution is 7.90. The second-order valence-corrected chi connectivity index (χ2v) is 7.14. The highest BCUT2D eigenvalue weighted by Crippen LogP contribution is 2.32. The number of nitrogens with two attached hydrogens (primary N) is 1. The molecule has 5 N–H and O–H groups in total. The SMILES string of the molecule is N=C(N)NS(=O)(=O)c1ccc(NC=CC(=O)c2ccc3c(c2)OCO3)cc1. The van der Waals surface area contributed by atoms with Crippen LogP contribution in [0.5, 0.6) is 11.5 Å². The smallest absolute Gasteiger partial charge is 0.264 e. The van der Waals surface area contributed by atoms with E-state index in [9.17, 15) is 13.2 Å². The lowest BCUT2D eigenvalue weighted by molar-refractivity contribution is 0.104. The molecule has 0 saturated carbocycles. The summed E-state index contributed by atoms with van der Waals surface area (Å²) in [7, 11) is -3.87. The number of ketones is 1. The highest BCUT2D eigenvalue weighted by atomic mass is 32.2. The molecule has 1 aliphatic heterocycles. The molecule has 10 heteroatoms. The standard InChI is InChI=1S/C17H16N4O5S/c18-17(19)21-27(23,24)13-4-2-12(3-5-13)20-8-7-14(22)11-1-6-15-16(9-11)26-10-25-15/h1-9,20H,10H2,(H4,18,19,21). The summed E-state index contributed by atoms with van der Waals surface area (Å²) in [6.45, 7) is 0.137. The van der Waals surface area contributed by atoms with Crippen molar-refractivity contribution in [3.05, 3.63) is 60.3 Å². The molecule has 0 radical (unpaired) electrons. The first-order valence-electron chi connectivity index (χ1n) is 7.69. The summed E-state index contributed by atoms with van der Waals surface area (Å²) < 4.78 is 36.0. The van der Waals surface area contributed by atoms with Crippen LogP contribution in [0.2, 0.25) is 0 Å². The minimum atomic E-state index is -3.87. The van der Waals surface area contributed by atoms with Crippen LogP contribution in [-0.4, -0.2) is 27.0 Å². The van der Waals surface area contributed by atoms with Crippen LogP contribution in [0.1, 0.15) is 10.4 Å². The van der Waals surface area contributed by atoms with E-state index in [1.54, 1.807) is 18.2 Å². The van der Waals surface area contributed by atoms with Crippen LogP contribution in [0.3, 0.4) is 0 Å². The van der Waals surface area contributed by atoms with Crippen LogP contribution >= 0.6 is 0 Å². The van der Waals surface area contributed by atoms with Crippen LogP contribution in [-0.2, 0) is 10.0 Å². The van der Waals surface area contributed by atoms with Crippen molar-refractivity contribution in [1.29, 1.82) is 5.41 Å². The predicted molar refractivity (Wildman–Crippen MR) is 98.3 cm³/mol. The van der Waals surface area contributed by atoms with E-state index in [0.717, 1.165) is 0 Å². The van der Waals surface area contributed by atoms with Gasteiger partial charge in [-0.1, -0.05) is 0 Å². The Labute approximate surface area is 155 Å². The molecule has 0 fully saturated rings. The number of carbonyl (C=O) groups is 1. The van der Waals surface area contributed by atoms with Gasteiger partial charge in [0.1, 0.15) is 0 Å². The zero-order valence-corrected chi connectivity index (χ0v) is 14.7. The number of ether oxygens (including phenoxy) is 2. The van der Waals surface area contributed by atoms with Gasteiger partial charge in [0.2, 0.25) is 6.79 Å². The number of benzene rings is 2. The van der Waals surface area contributed by atoms with Gasteiger partial charge < -0.3 is 20.5 Å². The molecule has 1 aliphatic rings. The molecule has 2 aromatic carbocycles. The second kappa shape index (κ2) is 7.38. The lowest BCUT2D eigenvalue weighted by Gasteiger charge is -2.07. The average Bonchev–Trinajstić information content (AvgIpc) is 3.08. The Kier molecular flexibility index (Phi) is 4.99. The first kappa shape index (κ1) is 18.3. The Bertz CT molecular complexity index is 1020. The van der Waals surface area contributed by atoms with E-state index < -0.39 is 16.0 Å². The topological polar surface area (TPSA) is 144 Å². The maximum absolute atomic E-state index is 12.2. The largest absolute Gasteiger partial charge is 0.454 e. The van der Waals surface area contributed by atoms with Crippen molar-refractivity contribution in [2.75, 3.05) is 12.1 Å². The summed E-state index contributed by atoms with van der Waals surface area (Å²) >= 11 is 0. The zero-order valence-electron chi connectivity index (χ0n) is 13.9. The number of guanidine groups is 1. The number of rotatable bonds is 6. The summed E-state index contributed by atoms with van der Waals surface area (Å²) in [5.74, 6) is 0.231. The lowest BCUT2D eigenvalue weighted by Crippen LogP contribution is -2.35. The normalized spacial score (nSPS) is 12.7. The van der Waals surface area contributed by atoms with Gasteiger partial charge in [0.15, 0.2) is 23.2 Å². The Balaban J connectivity index is 1.63. The molecule has 0 aliphatic carbocycles. The maximum Gasteiger partial charge on any atom is 0.264 e. The minimum absolute atomic E-state index is 0.0383. The van der Waals surface area contributed by atoms with Crippen molar-refractivity contribution in [2.24, 2.45) is 5.73 Å². The number of sulfonamides is 1. The average molecular weight is 388 g/mol. The Morgan fingerprint density at radius 3 is 2.52 bits per heavy atom. The van der Waals surface area contributed by atoms with Crippen molar-refractivity contribution < 1.29 is 22.7 Å². The molecule has 2 aromatic rings. The summed E-state index contributed by atoms with van der Waals surface area (Å²) in [4.78, 5) is 12.1. The quantitative estimate of drug-likeness (QED) is 0.253. The van der Waals surface area contributed by atoms with E-state index in [4.69, 9.17) is 20.6 Å². The van der Waals surface area contributed by atoms with Gasteiger partial charge in [0.05, 0.1) is 4.90 Å². The number of anilines is 1. The summed E-state index contributed by atoms with van der Waals surface area (Å²) in [6.07, 6.45) is 2.80. The van der Waals surface area contributed by atoms with Crippen molar-refractivity contribution in [1.82, 2.24) is 4.72 Å². The molecule has 9 nitrogen and oxygen atoms in total.